The minimum atomic E-state index is -3.50. The molecular weight excluding hydrogens is 270 g/mol. The Morgan fingerprint density at radius 3 is 2.72 bits per heavy atom. The van der Waals surface area contributed by atoms with Crippen LogP contribution in [-0.2, 0) is 17.1 Å². The van der Waals surface area contributed by atoms with E-state index >= 15 is 0 Å². The van der Waals surface area contributed by atoms with Crippen molar-refractivity contribution < 1.29 is 8.42 Å². The maximum absolute atomic E-state index is 12.1. The van der Waals surface area contributed by atoms with E-state index in [1.54, 1.807) is 35.4 Å². The van der Waals surface area contributed by atoms with E-state index in [-0.39, 0.29) is 5.92 Å². The molecule has 0 fully saturated rings. The van der Waals surface area contributed by atoms with Gasteiger partial charge in [0.2, 0.25) is 0 Å². The Kier molecular flexibility index (Phi) is 3.45. The molecule has 2 aromatic rings. The standard InChI is InChI=1S/C11H15N3O2S2/c1-8(2)11-9(7-14(3)12-11)13-18(15,16)10-5-4-6-17-10/h4-8,13H,1-3H3. The molecule has 98 valence electrons. The van der Waals surface area contributed by atoms with Crippen molar-refractivity contribution in [3.8, 4) is 0 Å². The molecule has 7 heteroatoms. The van der Waals surface area contributed by atoms with E-state index in [1.807, 2.05) is 13.8 Å². The van der Waals surface area contributed by atoms with Gasteiger partial charge in [0.05, 0.1) is 11.4 Å². The first-order valence-electron chi connectivity index (χ1n) is 5.50. The second kappa shape index (κ2) is 4.74. The number of aromatic nitrogens is 2. The van der Waals surface area contributed by atoms with Crippen LogP contribution in [0.5, 0.6) is 0 Å². The largest absolute Gasteiger partial charge is 0.275 e. The van der Waals surface area contributed by atoms with E-state index in [1.165, 1.54) is 11.3 Å². The number of rotatable bonds is 4. The lowest BCUT2D eigenvalue weighted by Crippen LogP contribution is -2.12. The van der Waals surface area contributed by atoms with Gasteiger partial charge >= 0.3 is 0 Å². The van der Waals surface area contributed by atoms with Crippen molar-refractivity contribution in [3.05, 3.63) is 29.4 Å². The second-order valence-electron chi connectivity index (χ2n) is 4.29. The molecule has 0 radical (unpaired) electrons. The zero-order chi connectivity index (χ0) is 13.3. The molecule has 0 bridgehead atoms. The highest BCUT2D eigenvalue weighted by Crippen LogP contribution is 2.26. The molecule has 5 nitrogen and oxygen atoms in total. The smallest absolute Gasteiger partial charge is 0.271 e. The number of sulfonamides is 1. The Morgan fingerprint density at radius 1 is 1.44 bits per heavy atom. The molecule has 0 saturated carbocycles. The summed E-state index contributed by atoms with van der Waals surface area (Å²) in [6.07, 6.45) is 1.68. The van der Waals surface area contributed by atoms with Crippen molar-refractivity contribution in [2.75, 3.05) is 4.72 Å². The third-order valence-electron chi connectivity index (χ3n) is 2.41. The predicted octanol–water partition coefficient (Wildman–Crippen LogP) is 2.41. The summed E-state index contributed by atoms with van der Waals surface area (Å²) in [6.45, 7) is 3.95. The number of nitrogens with zero attached hydrogens (tertiary/aromatic N) is 2. The van der Waals surface area contributed by atoms with Crippen molar-refractivity contribution in [3.63, 3.8) is 0 Å². The van der Waals surface area contributed by atoms with Gasteiger partial charge in [0, 0.05) is 13.2 Å². The van der Waals surface area contributed by atoms with Crippen molar-refractivity contribution in [2.24, 2.45) is 7.05 Å². The van der Waals surface area contributed by atoms with Crippen LogP contribution in [0.4, 0.5) is 5.69 Å². The number of anilines is 1. The van der Waals surface area contributed by atoms with Gasteiger partial charge < -0.3 is 0 Å². The molecule has 0 aliphatic rings. The molecule has 1 N–H and O–H groups in total. The lowest BCUT2D eigenvalue weighted by molar-refractivity contribution is 0.603. The molecule has 2 aromatic heterocycles. The van der Waals surface area contributed by atoms with Gasteiger partial charge in [-0.05, 0) is 17.4 Å². The van der Waals surface area contributed by atoms with Crippen LogP contribution in [0, 0.1) is 0 Å². The van der Waals surface area contributed by atoms with E-state index in [0.29, 0.717) is 9.90 Å². The molecular formula is C11H15N3O2S2. The third-order valence-corrected chi connectivity index (χ3v) is 5.17. The Balaban J connectivity index is 2.35. The van der Waals surface area contributed by atoms with Crippen LogP contribution in [0.3, 0.4) is 0 Å². The first-order valence-corrected chi connectivity index (χ1v) is 7.86. The first kappa shape index (κ1) is 13.1. The predicted molar refractivity (Wildman–Crippen MR) is 72.4 cm³/mol. The molecule has 0 aliphatic heterocycles. The quantitative estimate of drug-likeness (QED) is 0.938. The third kappa shape index (κ3) is 2.56. The van der Waals surface area contributed by atoms with Gasteiger partial charge in [0.15, 0.2) is 0 Å². The number of hydrogen-bond acceptors (Lipinski definition) is 4. The Morgan fingerprint density at radius 2 is 2.17 bits per heavy atom. The Labute approximate surface area is 111 Å². The molecule has 0 atom stereocenters. The van der Waals surface area contributed by atoms with E-state index < -0.39 is 10.0 Å². The van der Waals surface area contributed by atoms with Crippen molar-refractivity contribution in [1.29, 1.82) is 0 Å². The highest BCUT2D eigenvalue weighted by molar-refractivity contribution is 7.94. The number of thiophene rings is 1. The number of nitrogens with one attached hydrogen (secondary N) is 1. The van der Waals surface area contributed by atoms with Gasteiger partial charge in [-0.2, -0.15) is 5.10 Å². The van der Waals surface area contributed by atoms with Gasteiger partial charge in [-0.15, -0.1) is 11.3 Å². The molecule has 2 heterocycles. The fourth-order valence-corrected chi connectivity index (χ4v) is 3.67. The highest BCUT2D eigenvalue weighted by Gasteiger charge is 2.20. The van der Waals surface area contributed by atoms with Crippen LogP contribution in [0.2, 0.25) is 0 Å². The summed E-state index contributed by atoms with van der Waals surface area (Å²) < 4.78 is 28.7. The monoisotopic (exact) mass is 285 g/mol. The number of aryl methyl sites for hydroxylation is 1. The maximum Gasteiger partial charge on any atom is 0.271 e. The van der Waals surface area contributed by atoms with E-state index in [9.17, 15) is 8.42 Å². The number of hydrogen-bond donors (Lipinski definition) is 1. The zero-order valence-electron chi connectivity index (χ0n) is 10.4. The zero-order valence-corrected chi connectivity index (χ0v) is 12.0. The fourth-order valence-electron chi connectivity index (χ4n) is 1.62. The molecule has 0 unspecified atom stereocenters. The molecule has 2 rings (SSSR count). The SMILES string of the molecule is CC(C)c1nn(C)cc1NS(=O)(=O)c1cccs1. The van der Waals surface area contributed by atoms with Gasteiger partial charge in [-0.25, -0.2) is 8.42 Å². The first-order chi connectivity index (χ1) is 8.40. The van der Waals surface area contributed by atoms with Crippen LogP contribution in [0.15, 0.2) is 27.9 Å². The average Bonchev–Trinajstić information content (AvgIpc) is 2.86. The van der Waals surface area contributed by atoms with Crippen molar-refractivity contribution in [1.82, 2.24) is 9.78 Å². The molecule has 0 aromatic carbocycles. The summed E-state index contributed by atoms with van der Waals surface area (Å²) in [7, 11) is -1.72. The molecule has 18 heavy (non-hydrogen) atoms. The molecule has 0 spiro atoms. The van der Waals surface area contributed by atoms with Crippen LogP contribution in [0.1, 0.15) is 25.5 Å². The van der Waals surface area contributed by atoms with Crippen LogP contribution >= 0.6 is 11.3 Å². The second-order valence-corrected chi connectivity index (χ2v) is 7.15. The van der Waals surface area contributed by atoms with Crippen LogP contribution in [-0.4, -0.2) is 18.2 Å². The van der Waals surface area contributed by atoms with E-state index in [0.717, 1.165) is 5.69 Å². The Bertz CT molecular complexity index is 627. The Hall–Kier alpha value is -1.34. The summed E-state index contributed by atoms with van der Waals surface area (Å²) in [5, 5.41) is 6.01. The lowest BCUT2D eigenvalue weighted by Gasteiger charge is -2.07. The van der Waals surface area contributed by atoms with E-state index in [2.05, 4.69) is 9.82 Å². The molecule has 0 saturated heterocycles. The molecule has 0 aliphatic carbocycles. The minimum absolute atomic E-state index is 0.159. The maximum atomic E-state index is 12.1. The fraction of sp³-hybridized carbons (Fsp3) is 0.364. The molecule has 0 amide bonds. The average molecular weight is 285 g/mol. The van der Waals surface area contributed by atoms with Crippen LogP contribution in [0.25, 0.3) is 0 Å². The van der Waals surface area contributed by atoms with Gasteiger partial charge in [0.25, 0.3) is 10.0 Å². The summed E-state index contributed by atoms with van der Waals surface area (Å²) in [6, 6.07) is 3.30. The summed E-state index contributed by atoms with van der Waals surface area (Å²) in [5.74, 6) is 0.159. The summed E-state index contributed by atoms with van der Waals surface area (Å²) in [5.41, 5.74) is 1.29. The minimum Gasteiger partial charge on any atom is -0.275 e. The topological polar surface area (TPSA) is 64.0 Å². The van der Waals surface area contributed by atoms with Gasteiger partial charge in [0.1, 0.15) is 4.21 Å². The van der Waals surface area contributed by atoms with Crippen molar-refractivity contribution >= 4 is 27.0 Å². The normalized spacial score (nSPS) is 12.0. The summed E-state index contributed by atoms with van der Waals surface area (Å²) in [4.78, 5) is 0. The van der Waals surface area contributed by atoms with Crippen molar-refractivity contribution in [2.45, 2.75) is 24.0 Å². The van der Waals surface area contributed by atoms with E-state index in [4.69, 9.17) is 0 Å². The van der Waals surface area contributed by atoms with Gasteiger partial charge in [-0.1, -0.05) is 19.9 Å². The summed E-state index contributed by atoms with van der Waals surface area (Å²) >= 11 is 1.19. The van der Waals surface area contributed by atoms with Gasteiger partial charge in [-0.3, -0.25) is 9.40 Å². The lowest BCUT2D eigenvalue weighted by atomic mass is 10.1. The highest BCUT2D eigenvalue weighted by atomic mass is 32.2. The van der Waals surface area contributed by atoms with Crippen LogP contribution < -0.4 is 4.72 Å².